The Balaban J connectivity index is 1.57. The summed E-state index contributed by atoms with van der Waals surface area (Å²) in [6.07, 6.45) is 4.03. The van der Waals surface area contributed by atoms with Crippen molar-refractivity contribution in [3.8, 4) is 0 Å². The number of amides is 1. The number of aromatic nitrogens is 2. The van der Waals surface area contributed by atoms with Crippen LogP contribution in [0.2, 0.25) is 5.02 Å². The third-order valence-electron chi connectivity index (χ3n) is 4.78. The van der Waals surface area contributed by atoms with E-state index in [-0.39, 0.29) is 5.56 Å². The van der Waals surface area contributed by atoms with Crippen molar-refractivity contribution in [2.75, 3.05) is 23.3 Å². The summed E-state index contributed by atoms with van der Waals surface area (Å²) in [5.41, 5.74) is 1.02. The molecule has 0 aliphatic carbocycles. The number of hydrogen-bond acceptors (Lipinski definition) is 3. The molecule has 4 rings (SSSR count). The number of nitrogens with one attached hydrogen (secondary N) is 2. The number of halogens is 3. The minimum absolute atomic E-state index is 0.285. The average molecular weight is 391 g/mol. The standard InChI is InChI=1S/C19H17ClF2N4O/c1-10-2-3-26(9-10)18-13(20)4-11(7-24-18)19(27)25-17-8-23-16-6-15(22)14(21)5-12(16)17/h4-8,10,23H,2-3,9H2,1H3,(H,25,27). The van der Waals surface area contributed by atoms with Crippen molar-refractivity contribution in [3.05, 3.63) is 52.8 Å². The maximum atomic E-state index is 13.5. The van der Waals surface area contributed by atoms with E-state index in [1.54, 1.807) is 6.07 Å². The van der Waals surface area contributed by atoms with E-state index >= 15 is 0 Å². The van der Waals surface area contributed by atoms with Gasteiger partial charge in [-0.15, -0.1) is 0 Å². The molecule has 27 heavy (non-hydrogen) atoms. The monoisotopic (exact) mass is 390 g/mol. The molecule has 0 spiro atoms. The number of carbonyl (C=O) groups is 1. The summed E-state index contributed by atoms with van der Waals surface area (Å²) in [6, 6.07) is 3.65. The molecule has 140 valence electrons. The third kappa shape index (κ3) is 3.35. The first-order valence-corrected chi connectivity index (χ1v) is 8.98. The van der Waals surface area contributed by atoms with E-state index in [1.807, 2.05) is 0 Å². The van der Waals surface area contributed by atoms with Crippen LogP contribution in [-0.2, 0) is 0 Å². The van der Waals surface area contributed by atoms with Gasteiger partial charge in [-0.1, -0.05) is 18.5 Å². The quantitative estimate of drug-likeness (QED) is 0.687. The number of nitrogens with zero attached hydrogens (tertiary/aromatic N) is 2. The summed E-state index contributed by atoms with van der Waals surface area (Å²) in [7, 11) is 0. The Labute approximate surface area is 159 Å². The Morgan fingerprint density at radius 2 is 2.11 bits per heavy atom. The van der Waals surface area contributed by atoms with Gasteiger partial charge in [0, 0.05) is 36.9 Å². The van der Waals surface area contributed by atoms with Crippen LogP contribution < -0.4 is 10.2 Å². The highest BCUT2D eigenvalue weighted by Gasteiger charge is 2.22. The van der Waals surface area contributed by atoms with Gasteiger partial charge >= 0.3 is 0 Å². The summed E-state index contributed by atoms with van der Waals surface area (Å²) >= 11 is 6.33. The molecule has 1 aliphatic rings. The number of benzene rings is 1. The highest BCUT2D eigenvalue weighted by Crippen LogP contribution is 2.30. The molecule has 1 fully saturated rings. The number of pyridine rings is 1. The van der Waals surface area contributed by atoms with Gasteiger partial charge in [-0.25, -0.2) is 13.8 Å². The van der Waals surface area contributed by atoms with E-state index in [0.717, 1.165) is 31.6 Å². The lowest BCUT2D eigenvalue weighted by molar-refractivity contribution is 0.102. The van der Waals surface area contributed by atoms with E-state index in [2.05, 4.69) is 27.1 Å². The largest absolute Gasteiger partial charge is 0.359 e. The van der Waals surface area contributed by atoms with E-state index < -0.39 is 17.5 Å². The zero-order chi connectivity index (χ0) is 19.1. The fourth-order valence-corrected chi connectivity index (χ4v) is 3.62. The van der Waals surface area contributed by atoms with Crippen LogP contribution in [0.4, 0.5) is 20.3 Å². The van der Waals surface area contributed by atoms with Crippen molar-refractivity contribution in [1.29, 1.82) is 0 Å². The molecule has 1 unspecified atom stereocenters. The van der Waals surface area contributed by atoms with E-state index in [1.165, 1.54) is 12.4 Å². The lowest BCUT2D eigenvalue weighted by Gasteiger charge is -2.18. The van der Waals surface area contributed by atoms with Crippen molar-refractivity contribution in [3.63, 3.8) is 0 Å². The second-order valence-corrected chi connectivity index (χ2v) is 7.24. The lowest BCUT2D eigenvalue weighted by Crippen LogP contribution is -2.21. The van der Waals surface area contributed by atoms with Gasteiger partial charge in [0.1, 0.15) is 5.82 Å². The fourth-order valence-electron chi connectivity index (χ4n) is 3.33. The number of anilines is 2. The van der Waals surface area contributed by atoms with Crippen molar-refractivity contribution in [2.24, 2.45) is 5.92 Å². The van der Waals surface area contributed by atoms with Gasteiger partial charge in [0.05, 0.1) is 21.8 Å². The van der Waals surface area contributed by atoms with Crippen molar-refractivity contribution < 1.29 is 13.6 Å². The van der Waals surface area contributed by atoms with Crippen LogP contribution >= 0.6 is 11.6 Å². The summed E-state index contributed by atoms with van der Waals surface area (Å²) in [5.74, 6) is -1.12. The van der Waals surface area contributed by atoms with Gasteiger partial charge < -0.3 is 15.2 Å². The number of fused-ring (bicyclic) bond motifs is 1. The van der Waals surface area contributed by atoms with Gasteiger partial charge in [0.15, 0.2) is 11.6 Å². The summed E-state index contributed by atoms with van der Waals surface area (Å²) in [6.45, 7) is 3.94. The first-order chi connectivity index (χ1) is 12.9. The molecule has 3 aromatic rings. The van der Waals surface area contributed by atoms with E-state index in [0.29, 0.717) is 33.3 Å². The van der Waals surface area contributed by atoms with Crippen LogP contribution in [0.3, 0.4) is 0 Å². The van der Waals surface area contributed by atoms with Gasteiger partial charge in [-0.05, 0) is 24.5 Å². The van der Waals surface area contributed by atoms with Crippen LogP contribution in [0.25, 0.3) is 10.9 Å². The molecule has 0 saturated carbocycles. The van der Waals surface area contributed by atoms with Gasteiger partial charge in [-0.2, -0.15) is 0 Å². The molecule has 1 aliphatic heterocycles. The second-order valence-electron chi connectivity index (χ2n) is 6.84. The second kappa shape index (κ2) is 6.81. The molecule has 8 heteroatoms. The molecule has 1 atom stereocenters. The molecular weight excluding hydrogens is 374 g/mol. The normalized spacial score (nSPS) is 16.9. The Morgan fingerprint density at radius 1 is 1.33 bits per heavy atom. The molecular formula is C19H17ClF2N4O. The van der Waals surface area contributed by atoms with Gasteiger partial charge in [0.25, 0.3) is 5.91 Å². The fraction of sp³-hybridized carbons (Fsp3) is 0.263. The van der Waals surface area contributed by atoms with Crippen LogP contribution in [0.15, 0.2) is 30.6 Å². The Bertz CT molecular complexity index is 1040. The predicted octanol–water partition coefficient (Wildman–Crippen LogP) is 4.59. The number of H-pyrrole nitrogens is 1. The molecule has 3 heterocycles. The Kier molecular flexibility index (Phi) is 4.47. The molecule has 0 radical (unpaired) electrons. The number of aromatic amines is 1. The SMILES string of the molecule is CC1CCN(c2ncc(C(=O)Nc3c[nH]c4cc(F)c(F)cc34)cc2Cl)C1. The number of carbonyl (C=O) groups excluding carboxylic acids is 1. The van der Waals surface area contributed by atoms with Crippen molar-refractivity contribution >= 4 is 39.9 Å². The third-order valence-corrected chi connectivity index (χ3v) is 5.06. The van der Waals surface area contributed by atoms with Crippen LogP contribution in [0, 0.1) is 17.6 Å². The molecule has 1 aromatic carbocycles. The Hall–Kier alpha value is -2.67. The van der Waals surface area contributed by atoms with E-state index in [9.17, 15) is 13.6 Å². The number of rotatable bonds is 3. The van der Waals surface area contributed by atoms with Crippen LogP contribution in [0.1, 0.15) is 23.7 Å². The average Bonchev–Trinajstić information content (AvgIpc) is 3.22. The van der Waals surface area contributed by atoms with E-state index in [4.69, 9.17) is 11.6 Å². The predicted molar refractivity (Wildman–Crippen MR) is 101 cm³/mol. The lowest BCUT2D eigenvalue weighted by atomic mass is 10.2. The number of hydrogen-bond donors (Lipinski definition) is 2. The molecule has 2 aromatic heterocycles. The first-order valence-electron chi connectivity index (χ1n) is 8.60. The zero-order valence-electron chi connectivity index (χ0n) is 14.5. The zero-order valence-corrected chi connectivity index (χ0v) is 15.3. The van der Waals surface area contributed by atoms with Gasteiger partial charge in [-0.3, -0.25) is 4.79 Å². The van der Waals surface area contributed by atoms with Crippen LogP contribution in [0.5, 0.6) is 0 Å². The summed E-state index contributed by atoms with van der Waals surface area (Å²) in [5, 5.41) is 3.46. The minimum atomic E-state index is -0.980. The summed E-state index contributed by atoms with van der Waals surface area (Å²) < 4.78 is 26.8. The topological polar surface area (TPSA) is 61.0 Å². The summed E-state index contributed by atoms with van der Waals surface area (Å²) in [4.78, 5) is 21.8. The maximum absolute atomic E-state index is 13.5. The molecule has 5 nitrogen and oxygen atoms in total. The van der Waals surface area contributed by atoms with Crippen LogP contribution in [-0.4, -0.2) is 29.0 Å². The highest BCUT2D eigenvalue weighted by molar-refractivity contribution is 6.33. The maximum Gasteiger partial charge on any atom is 0.257 e. The molecule has 1 amide bonds. The molecule has 1 saturated heterocycles. The smallest absolute Gasteiger partial charge is 0.257 e. The van der Waals surface area contributed by atoms with Crippen molar-refractivity contribution in [1.82, 2.24) is 9.97 Å². The molecule has 0 bridgehead atoms. The Morgan fingerprint density at radius 3 is 2.81 bits per heavy atom. The highest BCUT2D eigenvalue weighted by atomic mass is 35.5. The minimum Gasteiger partial charge on any atom is -0.359 e. The van der Waals surface area contributed by atoms with Gasteiger partial charge in [0.2, 0.25) is 0 Å². The first kappa shape index (κ1) is 17.7. The molecule has 2 N–H and O–H groups in total. The van der Waals surface area contributed by atoms with Crippen molar-refractivity contribution in [2.45, 2.75) is 13.3 Å².